The lowest BCUT2D eigenvalue weighted by Gasteiger charge is -2.33. The van der Waals surface area contributed by atoms with Gasteiger partial charge in [-0.25, -0.2) is 0 Å². The lowest BCUT2D eigenvalue weighted by Crippen LogP contribution is -2.26. The lowest BCUT2D eigenvalue weighted by atomic mass is 9.72. The fraction of sp³-hybridized carbons (Fsp3) is 0.952. The molecule has 0 aromatic carbocycles. The zero-order chi connectivity index (χ0) is 16.3. The lowest BCUT2D eigenvalue weighted by molar-refractivity contribution is -0.116. The van der Waals surface area contributed by atoms with Gasteiger partial charge in [0.15, 0.2) is 0 Å². The van der Waals surface area contributed by atoms with Crippen LogP contribution in [0.2, 0.25) is 0 Å². The highest BCUT2D eigenvalue weighted by Gasteiger charge is 2.29. The smallest absolute Gasteiger partial charge is 0.125 e. The van der Waals surface area contributed by atoms with E-state index in [4.69, 9.17) is 0 Å². The quantitative estimate of drug-likeness (QED) is 0.486. The number of carbonyl (C=O) groups is 1. The molecule has 1 rings (SSSR count). The van der Waals surface area contributed by atoms with Gasteiger partial charge >= 0.3 is 0 Å². The Morgan fingerprint density at radius 1 is 0.909 bits per heavy atom. The summed E-state index contributed by atoms with van der Waals surface area (Å²) in [5.74, 6) is 1.60. The minimum Gasteiger partial charge on any atom is -0.303 e. The molecule has 1 heteroatoms. The molecule has 0 spiro atoms. The van der Waals surface area contributed by atoms with Crippen molar-refractivity contribution in [1.82, 2.24) is 0 Å². The predicted octanol–water partition coefficient (Wildman–Crippen LogP) is 6.94. The summed E-state index contributed by atoms with van der Waals surface area (Å²) in [6.45, 7) is 6.67. The summed E-state index contributed by atoms with van der Waals surface area (Å²) < 4.78 is 0. The van der Waals surface area contributed by atoms with Gasteiger partial charge in [-0.2, -0.15) is 0 Å². The molecule has 0 bridgehead atoms. The Morgan fingerprint density at radius 2 is 1.36 bits per heavy atom. The minimum atomic E-state index is -0.0929. The second-order valence-corrected chi connectivity index (χ2v) is 8.02. The Kier molecular flexibility index (Phi) is 10.1. The van der Waals surface area contributed by atoms with E-state index < -0.39 is 0 Å². The van der Waals surface area contributed by atoms with Gasteiger partial charge in [0.25, 0.3) is 0 Å². The van der Waals surface area contributed by atoms with Crippen molar-refractivity contribution in [2.75, 3.05) is 0 Å². The van der Waals surface area contributed by atoms with Crippen molar-refractivity contribution >= 4 is 6.29 Å². The van der Waals surface area contributed by atoms with E-state index in [1.54, 1.807) is 0 Å². The minimum absolute atomic E-state index is 0.0929. The van der Waals surface area contributed by atoms with E-state index in [2.05, 4.69) is 20.8 Å². The van der Waals surface area contributed by atoms with Crippen molar-refractivity contribution in [3.63, 3.8) is 0 Å². The van der Waals surface area contributed by atoms with Gasteiger partial charge in [-0.3, -0.25) is 0 Å². The first kappa shape index (κ1) is 19.7. The van der Waals surface area contributed by atoms with Crippen molar-refractivity contribution < 1.29 is 4.79 Å². The van der Waals surface area contributed by atoms with E-state index in [-0.39, 0.29) is 5.41 Å². The molecule has 130 valence electrons. The SMILES string of the molecule is CCC(CC(C)(C=O)CC)C1CCCCCCCCCCC1. The van der Waals surface area contributed by atoms with E-state index in [0.717, 1.165) is 24.7 Å². The number of rotatable bonds is 6. The van der Waals surface area contributed by atoms with Crippen molar-refractivity contribution in [1.29, 1.82) is 0 Å². The van der Waals surface area contributed by atoms with Crippen molar-refractivity contribution in [2.24, 2.45) is 17.3 Å². The van der Waals surface area contributed by atoms with Gasteiger partial charge in [-0.05, 0) is 24.7 Å². The molecule has 22 heavy (non-hydrogen) atoms. The Hall–Kier alpha value is -0.330. The average molecular weight is 309 g/mol. The average Bonchev–Trinajstić information content (AvgIpc) is 2.53. The standard InChI is InChI=1S/C21H40O/c1-4-19(17-21(3,5-2)18-22)20-15-13-11-9-7-6-8-10-12-14-16-20/h18-20H,4-17H2,1-3H3. The Bertz CT molecular complexity index is 274. The summed E-state index contributed by atoms with van der Waals surface area (Å²) >= 11 is 0. The van der Waals surface area contributed by atoms with Crippen LogP contribution in [0, 0.1) is 17.3 Å². The second kappa shape index (κ2) is 11.2. The highest BCUT2D eigenvalue weighted by Crippen LogP contribution is 2.37. The first-order chi connectivity index (χ1) is 10.6. The first-order valence-corrected chi connectivity index (χ1v) is 10.1. The third-order valence-corrected chi connectivity index (χ3v) is 6.16. The second-order valence-electron chi connectivity index (χ2n) is 8.02. The Morgan fingerprint density at radius 3 is 1.73 bits per heavy atom. The Balaban J connectivity index is 2.61. The summed E-state index contributed by atoms with van der Waals surface area (Å²) in [6.07, 6.45) is 20.2. The van der Waals surface area contributed by atoms with E-state index in [1.807, 2.05) is 0 Å². The largest absolute Gasteiger partial charge is 0.303 e. The molecular weight excluding hydrogens is 268 g/mol. The molecule has 1 saturated carbocycles. The molecule has 2 unspecified atom stereocenters. The van der Waals surface area contributed by atoms with Gasteiger partial charge in [0, 0.05) is 5.41 Å². The zero-order valence-electron chi connectivity index (χ0n) is 15.5. The third kappa shape index (κ3) is 7.29. The molecule has 1 nitrogen and oxygen atoms in total. The van der Waals surface area contributed by atoms with E-state index in [9.17, 15) is 4.79 Å². The zero-order valence-corrected chi connectivity index (χ0v) is 15.5. The summed E-state index contributed by atoms with van der Waals surface area (Å²) in [6, 6.07) is 0. The predicted molar refractivity (Wildman–Crippen MR) is 97.1 cm³/mol. The van der Waals surface area contributed by atoms with Gasteiger partial charge in [0.2, 0.25) is 0 Å². The normalized spacial score (nSPS) is 23.8. The van der Waals surface area contributed by atoms with Gasteiger partial charge in [-0.1, -0.05) is 97.8 Å². The number of aldehydes is 1. The van der Waals surface area contributed by atoms with Crippen molar-refractivity contribution in [2.45, 2.75) is 111 Å². The molecule has 1 fully saturated rings. The topological polar surface area (TPSA) is 17.1 Å². The molecule has 0 aromatic heterocycles. The molecule has 0 amide bonds. The maximum Gasteiger partial charge on any atom is 0.125 e. The van der Waals surface area contributed by atoms with Crippen LogP contribution in [0.3, 0.4) is 0 Å². The van der Waals surface area contributed by atoms with Crippen LogP contribution in [-0.4, -0.2) is 6.29 Å². The van der Waals surface area contributed by atoms with E-state index in [1.165, 1.54) is 83.3 Å². The molecule has 0 N–H and O–H groups in total. The third-order valence-electron chi connectivity index (χ3n) is 6.16. The van der Waals surface area contributed by atoms with Gasteiger partial charge in [0.1, 0.15) is 6.29 Å². The molecular formula is C21H40O. The summed E-state index contributed by atoms with van der Waals surface area (Å²) in [5.41, 5.74) is -0.0929. The summed E-state index contributed by atoms with van der Waals surface area (Å²) in [7, 11) is 0. The first-order valence-electron chi connectivity index (χ1n) is 10.1. The van der Waals surface area contributed by atoms with Crippen LogP contribution in [0.25, 0.3) is 0 Å². The van der Waals surface area contributed by atoms with Crippen LogP contribution in [0.4, 0.5) is 0 Å². The van der Waals surface area contributed by atoms with Gasteiger partial charge < -0.3 is 4.79 Å². The van der Waals surface area contributed by atoms with Crippen LogP contribution in [0.5, 0.6) is 0 Å². The maximum absolute atomic E-state index is 11.5. The van der Waals surface area contributed by atoms with Gasteiger partial charge in [-0.15, -0.1) is 0 Å². The highest BCUT2D eigenvalue weighted by atomic mass is 16.1. The van der Waals surface area contributed by atoms with Crippen LogP contribution in [0.1, 0.15) is 111 Å². The molecule has 2 atom stereocenters. The van der Waals surface area contributed by atoms with E-state index >= 15 is 0 Å². The molecule has 0 aliphatic heterocycles. The molecule has 1 aliphatic rings. The molecule has 1 aliphatic carbocycles. The van der Waals surface area contributed by atoms with Gasteiger partial charge in [0.05, 0.1) is 0 Å². The fourth-order valence-electron chi connectivity index (χ4n) is 4.19. The molecule has 0 heterocycles. The molecule has 0 saturated heterocycles. The van der Waals surface area contributed by atoms with Crippen molar-refractivity contribution in [3.05, 3.63) is 0 Å². The summed E-state index contributed by atoms with van der Waals surface area (Å²) in [5, 5.41) is 0. The van der Waals surface area contributed by atoms with Crippen LogP contribution in [0.15, 0.2) is 0 Å². The van der Waals surface area contributed by atoms with Crippen LogP contribution >= 0.6 is 0 Å². The molecule has 0 aromatic rings. The number of hydrogen-bond donors (Lipinski definition) is 0. The van der Waals surface area contributed by atoms with Crippen LogP contribution < -0.4 is 0 Å². The fourth-order valence-corrected chi connectivity index (χ4v) is 4.19. The summed E-state index contributed by atoms with van der Waals surface area (Å²) in [4.78, 5) is 11.5. The van der Waals surface area contributed by atoms with E-state index in [0.29, 0.717) is 0 Å². The maximum atomic E-state index is 11.5. The monoisotopic (exact) mass is 308 g/mol. The number of carbonyl (C=O) groups excluding carboxylic acids is 1. The highest BCUT2D eigenvalue weighted by molar-refractivity contribution is 5.58. The van der Waals surface area contributed by atoms with Crippen molar-refractivity contribution in [3.8, 4) is 0 Å². The Labute approximate surface area is 139 Å². The molecule has 0 radical (unpaired) electrons. The number of hydrogen-bond acceptors (Lipinski definition) is 1. The van der Waals surface area contributed by atoms with Crippen LogP contribution in [-0.2, 0) is 4.79 Å².